The number of H-pyrrole nitrogens is 1. The lowest BCUT2D eigenvalue weighted by molar-refractivity contribution is 0.102. The summed E-state index contributed by atoms with van der Waals surface area (Å²) in [4.78, 5) is 22.7. The van der Waals surface area contributed by atoms with Gasteiger partial charge in [-0.2, -0.15) is 0 Å². The van der Waals surface area contributed by atoms with Crippen molar-refractivity contribution in [3.63, 3.8) is 0 Å². The fourth-order valence-electron chi connectivity index (χ4n) is 3.22. The van der Waals surface area contributed by atoms with Crippen LogP contribution in [-0.4, -0.2) is 34.9 Å². The van der Waals surface area contributed by atoms with Gasteiger partial charge in [-0.25, -0.2) is 4.98 Å². The fraction of sp³-hybridized carbons (Fsp3) is 0.167. The molecule has 0 fully saturated rings. The number of rotatable bonds is 7. The second-order valence-corrected chi connectivity index (χ2v) is 8.36. The monoisotopic (exact) mass is 416 g/mol. The minimum atomic E-state index is -0.0994. The maximum atomic E-state index is 12.7. The maximum absolute atomic E-state index is 12.7. The summed E-state index contributed by atoms with van der Waals surface area (Å²) in [7, 11) is 4.03. The molecule has 6 heteroatoms. The van der Waals surface area contributed by atoms with E-state index in [0.29, 0.717) is 5.56 Å². The number of nitrogens with one attached hydrogen (secondary N) is 2. The number of aromatic amines is 1. The molecule has 0 aliphatic heterocycles. The van der Waals surface area contributed by atoms with Crippen LogP contribution in [0.2, 0.25) is 0 Å². The Balaban J connectivity index is 1.39. The lowest BCUT2D eigenvalue weighted by Crippen LogP contribution is -2.16. The fourth-order valence-corrected chi connectivity index (χ4v) is 4.06. The summed E-state index contributed by atoms with van der Waals surface area (Å²) in [5, 5.41) is 3.94. The number of carbonyl (C=O) groups excluding carboxylic acids is 1. The molecule has 1 heterocycles. The lowest BCUT2D eigenvalue weighted by Gasteiger charge is -2.15. The molecule has 1 aromatic heterocycles. The Hall–Kier alpha value is -3.09. The average molecular weight is 417 g/mol. The molecule has 0 spiro atoms. The van der Waals surface area contributed by atoms with Crippen LogP contribution in [0, 0.1) is 0 Å². The zero-order valence-corrected chi connectivity index (χ0v) is 17.9. The molecule has 152 valence electrons. The van der Waals surface area contributed by atoms with Gasteiger partial charge in [0.1, 0.15) is 0 Å². The molecule has 3 aromatic carbocycles. The Bertz CT molecular complexity index is 1120. The van der Waals surface area contributed by atoms with Gasteiger partial charge in [-0.1, -0.05) is 54.2 Å². The van der Waals surface area contributed by atoms with Crippen molar-refractivity contribution in [2.45, 2.75) is 17.5 Å². The van der Waals surface area contributed by atoms with Crippen molar-refractivity contribution in [2.24, 2.45) is 0 Å². The van der Waals surface area contributed by atoms with Gasteiger partial charge in [-0.3, -0.25) is 4.79 Å². The second kappa shape index (κ2) is 9.15. The molecule has 4 aromatic rings. The van der Waals surface area contributed by atoms with Crippen molar-refractivity contribution >= 4 is 34.4 Å². The standard InChI is InChI=1S/C24H24N4OS/c1-28(2)15-19-7-3-4-8-20(19)25-23(29)18-13-11-17(12-14-18)16-30-24-26-21-9-5-6-10-22(21)27-24/h3-14H,15-16H2,1-2H3,(H,25,29)(H,26,27). The van der Waals surface area contributed by atoms with Gasteiger partial charge >= 0.3 is 0 Å². The molecule has 0 saturated heterocycles. The van der Waals surface area contributed by atoms with Crippen LogP contribution >= 0.6 is 11.8 Å². The van der Waals surface area contributed by atoms with E-state index in [2.05, 4.69) is 20.2 Å². The summed E-state index contributed by atoms with van der Waals surface area (Å²) in [5.74, 6) is 0.686. The molecule has 0 unspecified atom stereocenters. The van der Waals surface area contributed by atoms with Gasteiger partial charge in [-0.05, 0) is 55.6 Å². The summed E-state index contributed by atoms with van der Waals surface area (Å²) >= 11 is 1.65. The quantitative estimate of drug-likeness (QED) is 0.408. The first-order chi connectivity index (χ1) is 14.6. The highest BCUT2D eigenvalue weighted by atomic mass is 32.2. The first kappa shape index (κ1) is 20.2. The predicted octanol–water partition coefficient (Wildman–Crippen LogP) is 5.17. The summed E-state index contributed by atoms with van der Waals surface area (Å²) < 4.78 is 0. The van der Waals surface area contributed by atoms with E-state index in [4.69, 9.17) is 0 Å². The molecule has 2 N–H and O–H groups in total. The molecule has 5 nitrogen and oxygen atoms in total. The third-order valence-corrected chi connectivity index (χ3v) is 5.66. The van der Waals surface area contributed by atoms with E-state index in [1.807, 2.05) is 86.9 Å². The van der Waals surface area contributed by atoms with E-state index in [1.165, 1.54) is 0 Å². The average Bonchev–Trinajstić information content (AvgIpc) is 3.17. The van der Waals surface area contributed by atoms with Gasteiger partial charge in [0.05, 0.1) is 11.0 Å². The number of aromatic nitrogens is 2. The van der Waals surface area contributed by atoms with Crippen molar-refractivity contribution in [1.82, 2.24) is 14.9 Å². The molecule has 0 aliphatic carbocycles. The molecule has 0 aliphatic rings. The van der Waals surface area contributed by atoms with Crippen molar-refractivity contribution < 1.29 is 4.79 Å². The van der Waals surface area contributed by atoms with Crippen LogP contribution in [-0.2, 0) is 12.3 Å². The number of thioether (sulfide) groups is 1. The summed E-state index contributed by atoms with van der Waals surface area (Å²) in [6, 6.07) is 23.6. The van der Waals surface area contributed by atoms with Crippen molar-refractivity contribution in [3.05, 3.63) is 89.5 Å². The highest BCUT2D eigenvalue weighted by Gasteiger charge is 2.10. The number of benzene rings is 3. The maximum Gasteiger partial charge on any atom is 0.255 e. The van der Waals surface area contributed by atoms with E-state index in [-0.39, 0.29) is 5.91 Å². The van der Waals surface area contributed by atoms with Gasteiger partial charge < -0.3 is 15.2 Å². The predicted molar refractivity (Wildman–Crippen MR) is 124 cm³/mol. The molecule has 30 heavy (non-hydrogen) atoms. The number of para-hydroxylation sites is 3. The van der Waals surface area contributed by atoms with E-state index < -0.39 is 0 Å². The zero-order valence-electron chi connectivity index (χ0n) is 17.1. The summed E-state index contributed by atoms with van der Waals surface area (Å²) in [6.07, 6.45) is 0. The summed E-state index contributed by atoms with van der Waals surface area (Å²) in [6.45, 7) is 0.772. The number of imidazole rings is 1. The number of carbonyl (C=O) groups is 1. The number of hydrogen-bond acceptors (Lipinski definition) is 4. The van der Waals surface area contributed by atoms with Gasteiger partial charge in [0.25, 0.3) is 5.91 Å². The van der Waals surface area contributed by atoms with E-state index in [1.54, 1.807) is 11.8 Å². The largest absolute Gasteiger partial charge is 0.333 e. The first-order valence-corrected chi connectivity index (χ1v) is 10.8. The molecule has 0 radical (unpaired) electrons. The van der Waals surface area contributed by atoms with Crippen molar-refractivity contribution in [3.8, 4) is 0 Å². The Labute approximate surface area is 180 Å². The Kier molecular flexibility index (Phi) is 6.16. The molecule has 0 bridgehead atoms. The topological polar surface area (TPSA) is 61.0 Å². The minimum absolute atomic E-state index is 0.0994. The SMILES string of the molecule is CN(C)Cc1ccccc1NC(=O)c1ccc(CSc2nc3ccccc3[nH]2)cc1. The summed E-state index contributed by atoms with van der Waals surface area (Å²) in [5.41, 5.74) is 5.75. The van der Waals surface area contributed by atoms with Crippen LogP contribution in [0.5, 0.6) is 0 Å². The molecule has 0 saturated carbocycles. The van der Waals surface area contributed by atoms with E-state index >= 15 is 0 Å². The molecule has 1 amide bonds. The van der Waals surface area contributed by atoms with Gasteiger partial charge in [0.2, 0.25) is 0 Å². The van der Waals surface area contributed by atoms with Crippen molar-refractivity contribution in [1.29, 1.82) is 0 Å². The van der Waals surface area contributed by atoms with Crippen LogP contribution in [0.15, 0.2) is 78.0 Å². The molecule has 0 atom stereocenters. The third kappa shape index (κ3) is 4.90. The van der Waals surface area contributed by atoms with Crippen molar-refractivity contribution in [2.75, 3.05) is 19.4 Å². The number of amides is 1. The highest BCUT2D eigenvalue weighted by Crippen LogP contribution is 2.23. The Morgan fingerprint density at radius 1 is 1.00 bits per heavy atom. The number of anilines is 1. The lowest BCUT2D eigenvalue weighted by atomic mass is 10.1. The molecular formula is C24H24N4OS. The van der Waals surface area contributed by atoms with Crippen LogP contribution in [0.1, 0.15) is 21.5 Å². The van der Waals surface area contributed by atoms with Crippen LogP contribution in [0.3, 0.4) is 0 Å². The van der Waals surface area contributed by atoms with Crippen LogP contribution < -0.4 is 5.32 Å². The normalized spacial score (nSPS) is 11.2. The van der Waals surface area contributed by atoms with Gasteiger partial charge in [-0.15, -0.1) is 0 Å². The van der Waals surface area contributed by atoms with E-state index in [0.717, 1.165) is 45.3 Å². The number of nitrogens with zero attached hydrogens (tertiary/aromatic N) is 2. The zero-order chi connectivity index (χ0) is 20.9. The first-order valence-electron chi connectivity index (χ1n) is 9.79. The third-order valence-electron chi connectivity index (χ3n) is 4.71. The van der Waals surface area contributed by atoms with Crippen LogP contribution in [0.4, 0.5) is 5.69 Å². The highest BCUT2D eigenvalue weighted by molar-refractivity contribution is 7.98. The second-order valence-electron chi connectivity index (χ2n) is 7.39. The van der Waals surface area contributed by atoms with Gasteiger partial charge in [0.15, 0.2) is 5.16 Å². The smallest absolute Gasteiger partial charge is 0.255 e. The van der Waals surface area contributed by atoms with Crippen LogP contribution in [0.25, 0.3) is 11.0 Å². The van der Waals surface area contributed by atoms with E-state index in [9.17, 15) is 4.79 Å². The Morgan fingerprint density at radius 2 is 1.73 bits per heavy atom. The molecule has 4 rings (SSSR count). The number of hydrogen-bond donors (Lipinski definition) is 2. The molecular weight excluding hydrogens is 392 g/mol. The minimum Gasteiger partial charge on any atom is -0.333 e. The number of fused-ring (bicyclic) bond motifs is 1. The van der Waals surface area contributed by atoms with Gasteiger partial charge in [0, 0.05) is 23.5 Å². The Morgan fingerprint density at radius 3 is 2.50 bits per heavy atom.